The maximum absolute atomic E-state index is 5.66. The molecule has 3 nitrogen and oxygen atoms in total. The lowest BCUT2D eigenvalue weighted by Crippen LogP contribution is -2.38. The monoisotopic (exact) mass is 254 g/mol. The molecule has 0 aliphatic rings. The minimum Gasteiger partial charge on any atom is -0.398 e. The van der Waals surface area contributed by atoms with Crippen LogP contribution in [-0.4, -0.2) is 29.6 Å². The van der Waals surface area contributed by atoms with E-state index in [4.69, 9.17) is 13.6 Å². The smallest absolute Gasteiger partial charge is 0.336 e. The molecule has 0 radical (unpaired) electrons. The molecule has 0 amide bonds. The maximum Gasteiger partial charge on any atom is 0.336 e. The first-order chi connectivity index (χ1) is 8.20. The highest BCUT2D eigenvalue weighted by atomic mass is 28.4. The second-order valence-corrected chi connectivity index (χ2v) is 7.69. The summed E-state index contributed by atoms with van der Waals surface area (Å²) in [7, 11) is 1.34. The van der Waals surface area contributed by atoms with Gasteiger partial charge in [-0.1, -0.05) is 30.3 Å². The van der Waals surface area contributed by atoms with E-state index in [-0.39, 0.29) is 0 Å². The van der Waals surface area contributed by atoms with Crippen LogP contribution in [0.2, 0.25) is 12.6 Å². The van der Waals surface area contributed by atoms with Gasteiger partial charge in [-0.15, -0.1) is 0 Å². The summed E-state index contributed by atoms with van der Waals surface area (Å²) >= 11 is 0. The first-order valence-corrected chi connectivity index (χ1v) is 8.44. The van der Waals surface area contributed by atoms with Crippen LogP contribution in [-0.2, 0) is 20.0 Å². The van der Waals surface area contributed by atoms with Gasteiger partial charge in [0.15, 0.2) is 0 Å². The molecule has 1 aromatic carbocycles. The first-order valence-electron chi connectivity index (χ1n) is 5.92. The summed E-state index contributed by atoms with van der Waals surface area (Å²) in [5, 5.41) is 0. The van der Waals surface area contributed by atoms with Crippen LogP contribution in [0.25, 0.3) is 0 Å². The quantitative estimate of drug-likeness (QED) is 0.527. The second-order valence-electron chi connectivity index (χ2n) is 4.23. The van der Waals surface area contributed by atoms with Gasteiger partial charge in [-0.3, -0.25) is 0 Å². The lowest BCUT2D eigenvalue weighted by atomic mass is 10.1. The average Bonchev–Trinajstić information content (AvgIpc) is 2.38. The van der Waals surface area contributed by atoms with Crippen molar-refractivity contribution in [2.45, 2.75) is 25.4 Å². The number of ether oxygens (including phenoxy) is 1. The van der Waals surface area contributed by atoms with Gasteiger partial charge in [0.2, 0.25) is 0 Å². The van der Waals surface area contributed by atoms with Crippen molar-refractivity contribution in [1.29, 1.82) is 0 Å². The highest BCUT2D eigenvalue weighted by Crippen LogP contribution is 2.17. The molecule has 1 aromatic rings. The third kappa shape index (κ3) is 5.45. The number of methoxy groups -OCH3 is 1. The highest BCUT2D eigenvalue weighted by molar-refractivity contribution is 6.65. The van der Waals surface area contributed by atoms with Gasteiger partial charge >= 0.3 is 8.56 Å². The zero-order valence-electron chi connectivity index (χ0n) is 10.9. The molecule has 1 atom stereocenters. The molecule has 0 heterocycles. The number of hydrogen-bond donors (Lipinski definition) is 0. The van der Waals surface area contributed by atoms with Crippen molar-refractivity contribution < 1.29 is 13.6 Å². The summed E-state index contributed by atoms with van der Waals surface area (Å²) in [6.45, 7) is 2.40. The molecule has 0 saturated heterocycles. The minimum absolute atomic E-state index is 0.321. The fourth-order valence-electron chi connectivity index (χ4n) is 1.68. The van der Waals surface area contributed by atoms with Gasteiger partial charge in [-0.2, -0.15) is 0 Å². The Morgan fingerprint density at radius 1 is 1.12 bits per heavy atom. The molecule has 1 rings (SSSR count). The average molecular weight is 254 g/mol. The Morgan fingerprint density at radius 2 is 1.82 bits per heavy atom. The predicted molar refractivity (Wildman–Crippen MR) is 71.2 cm³/mol. The number of hydrogen-bond acceptors (Lipinski definition) is 3. The Hall–Kier alpha value is -0.683. The van der Waals surface area contributed by atoms with Gasteiger partial charge in [-0.05, 0) is 31.0 Å². The van der Waals surface area contributed by atoms with Crippen LogP contribution >= 0.6 is 0 Å². The molecule has 17 heavy (non-hydrogen) atoms. The van der Waals surface area contributed by atoms with Gasteiger partial charge in [0.25, 0.3) is 0 Å². The minimum atomic E-state index is -2.02. The van der Waals surface area contributed by atoms with E-state index >= 15 is 0 Å². The largest absolute Gasteiger partial charge is 0.398 e. The van der Waals surface area contributed by atoms with Crippen molar-refractivity contribution in [3.63, 3.8) is 0 Å². The molecule has 0 fully saturated rings. The van der Waals surface area contributed by atoms with E-state index in [0.29, 0.717) is 6.79 Å². The Morgan fingerprint density at radius 3 is 2.41 bits per heavy atom. The standard InChI is InChI=1S/C13H22O3Si/c1-14-12-16-17(3,15-2)11-7-10-13-8-5-4-6-9-13/h4-6,8-9H,7,10-12H2,1-3H3. The van der Waals surface area contributed by atoms with Gasteiger partial charge in [-0.25, -0.2) is 0 Å². The molecule has 0 N–H and O–H groups in total. The van der Waals surface area contributed by atoms with Crippen LogP contribution in [0.1, 0.15) is 12.0 Å². The van der Waals surface area contributed by atoms with Crippen molar-refractivity contribution in [3.8, 4) is 0 Å². The topological polar surface area (TPSA) is 27.7 Å². The van der Waals surface area contributed by atoms with Crippen LogP contribution in [0, 0.1) is 0 Å². The second kappa shape index (κ2) is 7.61. The SMILES string of the molecule is COCO[Si](C)(CCCc1ccccc1)OC. The van der Waals surface area contributed by atoms with E-state index in [1.54, 1.807) is 14.2 Å². The van der Waals surface area contributed by atoms with Crippen LogP contribution in [0.4, 0.5) is 0 Å². The summed E-state index contributed by atoms with van der Waals surface area (Å²) in [6.07, 6.45) is 2.16. The van der Waals surface area contributed by atoms with Crippen molar-refractivity contribution >= 4 is 8.56 Å². The fraction of sp³-hybridized carbons (Fsp3) is 0.538. The van der Waals surface area contributed by atoms with Crippen LogP contribution in [0.15, 0.2) is 30.3 Å². The molecule has 0 aliphatic heterocycles. The highest BCUT2D eigenvalue weighted by Gasteiger charge is 2.29. The van der Waals surface area contributed by atoms with Gasteiger partial charge in [0, 0.05) is 14.2 Å². The summed E-state index contributed by atoms with van der Waals surface area (Å²) in [5.41, 5.74) is 1.37. The van der Waals surface area contributed by atoms with Crippen molar-refractivity contribution in [2.24, 2.45) is 0 Å². The molecule has 0 aliphatic carbocycles. The number of rotatable bonds is 8. The van der Waals surface area contributed by atoms with Crippen LogP contribution < -0.4 is 0 Å². The van der Waals surface area contributed by atoms with E-state index in [2.05, 4.69) is 30.8 Å². The molecule has 96 valence electrons. The van der Waals surface area contributed by atoms with Gasteiger partial charge in [0.1, 0.15) is 6.79 Å². The van der Waals surface area contributed by atoms with Crippen molar-refractivity contribution in [2.75, 3.05) is 21.0 Å². The Kier molecular flexibility index (Phi) is 6.43. The van der Waals surface area contributed by atoms with E-state index < -0.39 is 8.56 Å². The van der Waals surface area contributed by atoms with E-state index in [1.165, 1.54) is 5.56 Å². The van der Waals surface area contributed by atoms with Crippen LogP contribution in [0.5, 0.6) is 0 Å². The Balaban J connectivity index is 2.32. The summed E-state index contributed by atoms with van der Waals surface area (Å²) < 4.78 is 16.1. The first kappa shape index (κ1) is 14.4. The lowest BCUT2D eigenvalue weighted by molar-refractivity contribution is 0.0237. The molecular weight excluding hydrogens is 232 g/mol. The Bertz CT molecular complexity index is 305. The normalized spacial score (nSPS) is 14.5. The summed E-state index contributed by atoms with van der Waals surface area (Å²) in [6, 6.07) is 11.5. The van der Waals surface area contributed by atoms with Gasteiger partial charge < -0.3 is 13.6 Å². The molecule has 0 bridgehead atoms. The third-order valence-corrected chi connectivity index (χ3v) is 5.71. The molecular formula is C13H22O3Si. The van der Waals surface area contributed by atoms with E-state index in [9.17, 15) is 0 Å². The van der Waals surface area contributed by atoms with E-state index in [0.717, 1.165) is 18.9 Å². The molecule has 4 heteroatoms. The van der Waals surface area contributed by atoms with Crippen molar-refractivity contribution in [1.82, 2.24) is 0 Å². The predicted octanol–water partition coefficient (Wildman–Crippen LogP) is 2.96. The number of aryl methyl sites for hydroxylation is 1. The lowest BCUT2D eigenvalue weighted by Gasteiger charge is -2.24. The Labute approximate surface area is 105 Å². The zero-order valence-corrected chi connectivity index (χ0v) is 11.9. The van der Waals surface area contributed by atoms with Crippen LogP contribution in [0.3, 0.4) is 0 Å². The molecule has 1 unspecified atom stereocenters. The van der Waals surface area contributed by atoms with E-state index in [1.807, 2.05) is 6.07 Å². The number of benzene rings is 1. The van der Waals surface area contributed by atoms with Crippen molar-refractivity contribution in [3.05, 3.63) is 35.9 Å². The third-order valence-electron chi connectivity index (χ3n) is 2.85. The maximum atomic E-state index is 5.66. The molecule has 0 aromatic heterocycles. The summed E-state index contributed by atoms with van der Waals surface area (Å²) in [5.74, 6) is 0. The summed E-state index contributed by atoms with van der Waals surface area (Å²) in [4.78, 5) is 0. The van der Waals surface area contributed by atoms with Gasteiger partial charge in [0.05, 0.1) is 0 Å². The molecule has 0 saturated carbocycles. The fourth-order valence-corrected chi connectivity index (χ4v) is 3.33. The zero-order chi connectivity index (χ0) is 12.6. The molecule has 0 spiro atoms.